The van der Waals surface area contributed by atoms with Gasteiger partial charge in [-0.25, -0.2) is 22.6 Å². The number of nitrogens with zero attached hydrogens (tertiary/aromatic N) is 4. The Bertz CT molecular complexity index is 1650. The van der Waals surface area contributed by atoms with Crippen molar-refractivity contribution in [1.29, 1.82) is 0 Å². The molecule has 6 rings (SSSR count). The van der Waals surface area contributed by atoms with Crippen LogP contribution in [0.3, 0.4) is 0 Å². The number of fused-ring (bicyclic) bond motifs is 2. The van der Waals surface area contributed by atoms with Crippen LogP contribution in [0, 0.1) is 0 Å². The zero-order valence-electron chi connectivity index (χ0n) is 22.7. The van der Waals surface area contributed by atoms with Crippen LogP contribution in [-0.4, -0.2) is 71.9 Å². The molecule has 3 N–H and O–H groups in total. The van der Waals surface area contributed by atoms with Crippen LogP contribution in [0.15, 0.2) is 59.6 Å². The average Bonchev–Trinajstić information content (AvgIpc) is 3.68. The van der Waals surface area contributed by atoms with E-state index in [1.165, 1.54) is 11.1 Å². The number of ether oxygens (including phenoxy) is 1. The monoisotopic (exact) mass is 562 g/mol. The van der Waals surface area contributed by atoms with Crippen molar-refractivity contribution >= 4 is 27.2 Å². The van der Waals surface area contributed by atoms with E-state index in [1.54, 1.807) is 36.0 Å². The lowest BCUT2D eigenvalue weighted by molar-refractivity contribution is 0.129. The van der Waals surface area contributed by atoms with Crippen LogP contribution in [0.5, 0.6) is 5.75 Å². The van der Waals surface area contributed by atoms with Crippen LogP contribution >= 0.6 is 0 Å². The van der Waals surface area contributed by atoms with Gasteiger partial charge in [-0.1, -0.05) is 12.1 Å². The van der Waals surface area contributed by atoms with Crippen molar-refractivity contribution in [3.05, 3.63) is 65.9 Å². The van der Waals surface area contributed by atoms with Gasteiger partial charge in [0, 0.05) is 31.2 Å². The second kappa shape index (κ2) is 10.8. The molecule has 4 aromatic rings. The molecule has 10 nitrogen and oxygen atoms in total. The molecule has 210 valence electrons. The second-order valence-electron chi connectivity index (χ2n) is 10.7. The molecule has 2 aromatic heterocycles. The summed E-state index contributed by atoms with van der Waals surface area (Å²) in [5, 5.41) is 17.9. The van der Waals surface area contributed by atoms with Crippen LogP contribution in [0.25, 0.3) is 16.8 Å². The number of benzene rings is 2. The summed E-state index contributed by atoms with van der Waals surface area (Å²) in [5.74, 6) is 1.10. The molecule has 2 aliphatic rings. The summed E-state index contributed by atoms with van der Waals surface area (Å²) in [6.45, 7) is 4.25. The molecule has 0 radical (unpaired) electrons. The van der Waals surface area contributed by atoms with Crippen molar-refractivity contribution in [3.8, 4) is 17.0 Å². The lowest BCUT2D eigenvalue weighted by Crippen LogP contribution is -2.33. The number of nitrogens with one attached hydrogen (secondary N) is 2. The number of methoxy groups -OCH3 is 1. The van der Waals surface area contributed by atoms with Crippen molar-refractivity contribution in [3.63, 3.8) is 0 Å². The van der Waals surface area contributed by atoms with E-state index in [-0.39, 0.29) is 17.0 Å². The van der Waals surface area contributed by atoms with Crippen LogP contribution < -0.4 is 14.8 Å². The molecule has 1 aliphatic carbocycles. The molecule has 0 spiro atoms. The summed E-state index contributed by atoms with van der Waals surface area (Å²) < 4.78 is 35.8. The summed E-state index contributed by atoms with van der Waals surface area (Å²) in [7, 11) is -1.92. The molecule has 0 bridgehead atoms. The minimum atomic E-state index is -3.57. The van der Waals surface area contributed by atoms with Crippen LogP contribution in [0.2, 0.25) is 0 Å². The predicted molar refractivity (Wildman–Crippen MR) is 154 cm³/mol. The maximum absolute atomic E-state index is 12.8. The molecule has 11 heteroatoms. The maximum Gasteiger partial charge on any atom is 0.245 e. The van der Waals surface area contributed by atoms with Gasteiger partial charge < -0.3 is 20.1 Å². The van der Waals surface area contributed by atoms with Crippen molar-refractivity contribution in [1.82, 2.24) is 24.2 Å². The molecule has 1 aliphatic heterocycles. The highest BCUT2D eigenvalue weighted by atomic mass is 32.2. The topological polar surface area (TPSA) is 121 Å². The Morgan fingerprint density at radius 3 is 2.60 bits per heavy atom. The lowest BCUT2D eigenvalue weighted by atomic mass is 10.0. The summed E-state index contributed by atoms with van der Waals surface area (Å²) in [5.41, 5.74) is 5.54. The van der Waals surface area contributed by atoms with Crippen LogP contribution in [0.4, 0.5) is 11.6 Å². The SMILES string of the molecule is COc1cc2c(cc1Nc1ncc3ccc(-c4cccc(S(=O)(=O)NC5CC5)c4)n3n1)CCN(C[C@@H](C)O)CC2. The van der Waals surface area contributed by atoms with Gasteiger partial charge in [-0.3, -0.25) is 0 Å². The summed E-state index contributed by atoms with van der Waals surface area (Å²) in [6, 6.07) is 15.0. The molecule has 2 aromatic carbocycles. The number of sulfonamides is 1. The molecular formula is C29H34N6O4S. The summed E-state index contributed by atoms with van der Waals surface area (Å²) in [6.07, 6.45) is 4.90. The van der Waals surface area contributed by atoms with E-state index in [0.29, 0.717) is 18.2 Å². The van der Waals surface area contributed by atoms with Crippen molar-refractivity contribution < 1.29 is 18.3 Å². The Labute approximate surface area is 234 Å². The zero-order valence-corrected chi connectivity index (χ0v) is 23.5. The number of aliphatic hydroxyl groups excluding tert-OH is 1. The fourth-order valence-corrected chi connectivity index (χ4v) is 6.58. The molecule has 0 amide bonds. The Kier molecular flexibility index (Phi) is 7.22. The highest BCUT2D eigenvalue weighted by molar-refractivity contribution is 7.89. The molecule has 1 saturated carbocycles. The second-order valence-corrected chi connectivity index (χ2v) is 12.4. The standard InChI is InChI=1S/C29H34N6O4S/c1-19(36)18-34-12-10-20-15-26(28(39-2)16-21(20)11-13-34)31-29-30-17-24-8-9-27(35(24)32-29)22-4-3-5-25(14-22)40(37,38)33-23-6-7-23/h3-5,8-9,14-17,19,23,33,36H,6-7,10-13,18H2,1-2H3,(H,31,32)/t19-/m1/s1. The molecule has 0 unspecified atom stereocenters. The number of hydrogen-bond donors (Lipinski definition) is 3. The molecule has 3 heterocycles. The first kappa shape index (κ1) is 26.7. The van der Waals surface area contributed by atoms with Gasteiger partial charge in [0.15, 0.2) is 0 Å². The largest absolute Gasteiger partial charge is 0.495 e. The Hall–Kier alpha value is -3.51. The third-order valence-electron chi connectivity index (χ3n) is 7.42. The van der Waals surface area contributed by atoms with E-state index in [4.69, 9.17) is 9.84 Å². The third kappa shape index (κ3) is 5.68. The van der Waals surface area contributed by atoms with Gasteiger partial charge in [-0.15, -0.1) is 5.10 Å². The first-order chi connectivity index (χ1) is 19.3. The summed E-state index contributed by atoms with van der Waals surface area (Å²) >= 11 is 0. The fraction of sp³-hybridized carbons (Fsp3) is 0.379. The van der Waals surface area contributed by atoms with Gasteiger partial charge in [-0.2, -0.15) is 0 Å². The van der Waals surface area contributed by atoms with E-state index in [0.717, 1.165) is 61.2 Å². The number of β-amino-alcohol motifs (C(OH)–C–C–N with tert-alkyl or cyclic N) is 1. The molecule has 0 saturated heterocycles. The normalized spacial score (nSPS) is 16.9. The third-order valence-corrected chi connectivity index (χ3v) is 8.94. The van der Waals surface area contributed by atoms with Crippen molar-refractivity contribution in [2.45, 2.75) is 49.6 Å². The number of hydrogen-bond acceptors (Lipinski definition) is 8. The minimum absolute atomic E-state index is 0.0392. The van der Waals surface area contributed by atoms with E-state index >= 15 is 0 Å². The van der Waals surface area contributed by atoms with E-state index in [2.05, 4.69) is 32.1 Å². The van der Waals surface area contributed by atoms with Gasteiger partial charge in [0.1, 0.15) is 5.75 Å². The Balaban J connectivity index is 1.28. The van der Waals surface area contributed by atoms with Gasteiger partial charge in [0.2, 0.25) is 16.0 Å². The van der Waals surface area contributed by atoms with Gasteiger partial charge >= 0.3 is 0 Å². The Morgan fingerprint density at radius 1 is 1.10 bits per heavy atom. The van der Waals surface area contributed by atoms with Crippen molar-refractivity contribution in [2.24, 2.45) is 0 Å². The molecule has 40 heavy (non-hydrogen) atoms. The number of anilines is 2. The van der Waals surface area contributed by atoms with E-state index in [9.17, 15) is 13.5 Å². The minimum Gasteiger partial charge on any atom is -0.495 e. The van der Waals surface area contributed by atoms with Gasteiger partial charge in [0.05, 0.1) is 41.2 Å². The zero-order chi connectivity index (χ0) is 27.9. The lowest BCUT2D eigenvalue weighted by Gasteiger charge is -2.20. The number of aromatic nitrogens is 3. The highest BCUT2D eigenvalue weighted by Gasteiger charge is 2.28. The Morgan fingerprint density at radius 2 is 1.88 bits per heavy atom. The van der Waals surface area contributed by atoms with Crippen LogP contribution in [0.1, 0.15) is 30.9 Å². The molecule has 1 fully saturated rings. The summed E-state index contributed by atoms with van der Waals surface area (Å²) in [4.78, 5) is 7.04. The number of aliphatic hydroxyl groups is 1. The van der Waals surface area contributed by atoms with E-state index in [1.807, 2.05) is 25.1 Å². The first-order valence-electron chi connectivity index (χ1n) is 13.6. The smallest absolute Gasteiger partial charge is 0.245 e. The van der Waals surface area contributed by atoms with Crippen LogP contribution in [-0.2, 0) is 22.9 Å². The molecule has 1 atom stereocenters. The number of rotatable bonds is 9. The van der Waals surface area contributed by atoms with E-state index < -0.39 is 10.0 Å². The molecular weight excluding hydrogens is 528 g/mol. The quantitative estimate of drug-likeness (QED) is 0.284. The highest BCUT2D eigenvalue weighted by Crippen LogP contribution is 2.33. The predicted octanol–water partition coefficient (Wildman–Crippen LogP) is 3.37. The average molecular weight is 563 g/mol. The van der Waals surface area contributed by atoms with Crippen molar-refractivity contribution in [2.75, 3.05) is 32.1 Å². The fourth-order valence-electron chi connectivity index (χ4n) is 5.23. The maximum atomic E-state index is 12.8. The first-order valence-corrected chi connectivity index (χ1v) is 15.1. The van der Waals surface area contributed by atoms with Gasteiger partial charge in [0.25, 0.3) is 0 Å². The van der Waals surface area contributed by atoms with Gasteiger partial charge in [-0.05, 0) is 80.1 Å².